The summed E-state index contributed by atoms with van der Waals surface area (Å²) in [5.74, 6) is 1.19. The monoisotopic (exact) mass is 1330 g/mol. The number of anilines is 3. The number of aryl methyl sites for hydroxylation is 9. The van der Waals surface area contributed by atoms with Crippen LogP contribution in [0.2, 0.25) is 0 Å². The Bertz CT molecular complexity index is 3910. The standard InChI is InChI=1S/C21H28N6O3S.2C21H26N5O3S.2H3N/c1-23-15-8-9-27-20(30-12-15)18(11-24-27)31(22,29)26-21(28)25-19-16-6-2-4-13(16)10-14-5-3-7-17(14)19;2*1-22-15-8-9-26-20(29-12-15)18(11-23-26)30(28)25-21(27)24-19-16-6-2-4-13(16)10-14-5-3-7-17(14)19;;/h10-11,15,23H,2-9,12H2,1H3,(H3,22,25,26,28,29);2*10-11,15,22H,2-9,12H2,1H3,(H,24,27);2*1H3/q;2*-1;;/t15-,31?;2*15-;;/m011../s1. The molecule has 6 amide bonds. The van der Waals surface area contributed by atoms with E-state index >= 15 is 0 Å². The minimum Gasteiger partial charge on any atom is -0.477 e. The number of ether oxygens (including phenoxy) is 3. The van der Waals surface area contributed by atoms with E-state index in [1.807, 2.05) is 21.1 Å². The molecule has 27 nitrogen and oxygen atoms in total. The maximum atomic E-state index is 13.3. The van der Waals surface area contributed by atoms with Crippen LogP contribution in [0.4, 0.5) is 31.4 Å². The molecule has 6 aromatic rings. The Morgan fingerprint density at radius 2 is 0.785 bits per heavy atom. The van der Waals surface area contributed by atoms with Gasteiger partial charge in [-0.05, 0) is 233 Å². The van der Waals surface area contributed by atoms with Crippen molar-refractivity contribution in [2.24, 2.45) is 18.2 Å². The Labute approximate surface area is 545 Å². The van der Waals surface area contributed by atoms with Gasteiger partial charge in [0, 0.05) is 67.2 Å². The molecule has 3 aromatic carbocycles. The number of nitrogens with two attached hydrogens (primary N) is 1. The number of hydrogen-bond donors (Lipinski definition) is 9. The van der Waals surface area contributed by atoms with Crippen molar-refractivity contribution >= 4 is 66.3 Å². The van der Waals surface area contributed by atoms with Crippen LogP contribution in [0, 0.1) is 0 Å². The lowest BCUT2D eigenvalue weighted by Crippen LogP contribution is -2.31. The number of nitrogens with one attached hydrogen (secondary N) is 6. The number of carbonyl (C=O) groups excluding carboxylic acids is 3. The Morgan fingerprint density at radius 3 is 1.12 bits per heavy atom. The Balaban J connectivity index is 0.000000141. The maximum Gasteiger partial charge on any atom is 0.354 e. The molecular formula is C63H86N18O9S3-2. The summed E-state index contributed by atoms with van der Waals surface area (Å²) < 4.78 is 73.1. The second-order valence-corrected chi connectivity index (χ2v) is 28.7. The van der Waals surface area contributed by atoms with Crippen molar-refractivity contribution in [2.45, 2.75) is 187 Å². The van der Waals surface area contributed by atoms with Crippen molar-refractivity contribution in [1.29, 1.82) is 0 Å². The molecule has 0 saturated carbocycles. The van der Waals surface area contributed by atoms with E-state index < -0.39 is 49.2 Å². The van der Waals surface area contributed by atoms with Crippen LogP contribution in [0.3, 0.4) is 0 Å². The fourth-order valence-corrected chi connectivity index (χ4v) is 16.9. The first-order valence-electron chi connectivity index (χ1n) is 32.1. The van der Waals surface area contributed by atoms with Crippen LogP contribution in [0.25, 0.3) is 0 Å². The molecule has 0 saturated heterocycles. The third-order valence-electron chi connectivity index (χ3n) is 19.2. The van der Waals surface area contributed by atoms with Gasteiger partial charge in [-0.25, -0.2) is 37.8 Å². The molecule has 3 aromatic heterocycles. The summed E-state index contributed by atoms with van der Waals surface area (Å²) in [5.41, 5.74) is 17.9. The Kier molecular flexibility index (Phi) is 21.0. The molecule has 3 aliphatic heterocycles. The molecule has 4 atom stereocenters. The summed E-state index contributed by atoms with van der Waals surface area (Å²) in [6, 6.07) is 5.64. The summed E-state index contributed by atoms with van der Waals surface area (Å²) in [6.07, 6.45) is 25.6. The number of hydrogen-bond acceptors (Lipinski definition) is 19. The molecule has 0 radical (unpaired) electrons. The van der Waals surface area contributed by atoms with E-state index in [0.717, 1.165) is 152 Å². The molecule has 0 bridgehead atoms. The zero-order valence-electron chi connectivity index (χ0n) is 53.2. The van der Waals surface area contributed by atoms with E-state index in [2.05, 4.69) is 78.5 Å². The lowest BCUT2D eigenvalue weighted by Gasteiger charge is -2.16. The summed E-state index contributed by atoms with van der Waals surface area (Å²) >= 11 is 0. The van der Waals surface area contributed by atoms with Crippen LogP contribution in [-0.4, -0.2) is 111 Å². The molecule has 93 heavy (non-hydrogen) atoms. The number of benzene rings is 3. The van der Waals surface area contributed by atoms with Crippen molar-refractivity contribution in [3.63, 3.8) is 0 Å². The molecule has 502 valence electrons. The van der Waals surface area contributed by atoms with Crippen LogP contribution >= 0.6 is 0 Å². The van der Waals surface area contributed by atoms with Gasteiger partial charge in [0.25, 0.3) is 0 Å². The van der Waals surface area contributed by atoms with Gasteiger partial charge in [0.2, 0.25) is 5.88 Å². The predicted molar refractivity (Wildman–Crippen MR) is 355 cm³/mol. The molecule has 6 heterocycles. The quantitative estimate of drug-likeness (QED) is 0.0613. The molecule has 9 aliphatic rings. The largest absolute Gasteiger partial charge is 0.477 e. The van der Waals surface area contributed by atoms with Crippen molar-refractivity contribution in [1.82, 2.24) is 57.6 Å². The van der Waals surface area contributed by atoms with Crippen LogP contribution in [0.5, 0.6) is 17.6 Å². The highest BCUT2D eigenvalue weighted by Crippen LogP contribution is 2.42. The van der Waals surface area contributed by atoms with Gasteiger partial charge >= 0.3 is 18.1 Å². The van der Waals surface area contributed by atoms with Gasteiger partial charge < -0.3 is 75.6 Å². The minimum atomic E-state index is -3.51. The number of amides is 6. The molecule has 1 unspecified atom stereocenters. The highest BCUT2D eigenvalue weighted by atomic mass is 32.2. The van der Waals surface area contributed by atoms with E-state index in [9.17, 15) is 27.0 Å². The van der Waals surface area contributed by atoms with Gasteiger partial charge in [0.05, 0.1) is 6.20 Å². The number of rotatable bonds is 9. The van der Waals surface area contributed by atoms with Crippen LogP contribution in [0.1, 0.15) is 125 Å². The highest BCUT2D eigenvalue weighted by molar-refractivity contribution is 7.91. The second-order valence-electron chi connectivity index (χ2n) is 24.7. The number of likely N-dealkylation sites (N-methyl/N-ethyl adjacent to an activating group) is 3. The van der Waals surface area contributed by atoms with E-state index in [1.54, 1.807) is 14.0 Å². The first-order chi connectivity index (χ1) is 44.2. The smallest absolute Gasteiger partial charge is 0.354 e. The van der Waals surface area contributed by atoms with Crippen molar-refractivity contribution in [3.05, 3.63) is 104 Å². The second kappa shape index (κ2) is 29.1. The summed E-state index contributed by atoms with van der Waals surface area (Å²) in [7, 11) is -1.63. The first-order valence-corrected chi connectivity index (χ1v) is 35.8. The van der Waals surface area contributed by atoms with Crippen molar-refractivity contribution < 1.29 is 41.2 Å². The minimum absolute atomic E-state index is 0. The molecular weight excluding hydrogens is 1250 g/mol. The molecule has 15 rings (SSSR count). The average Bonchev–Trinajstić information content (AvgIpc) is 1.71. The Morgan fingerprint density at radius 1 is 0.484 bits per heavy atom. The van der Waals surface area contributed by atoms with Crippen LogP contribution in [0.15, 0.2) is 64.6 Å². The summed E-state index contributed by atoms with van der Waals surface area (Å²) in [4.78, 5) is 39.1. The van der Waals surface area contributed by atoms with Gasteiger partial charge in [-0.2, -0.15) is 15.3 Å². The van der Waals surface area contributed by atoms with Gasteiger partial charge in [0.15, 0.2) is 21.7 Å². The van der Waals surface area contributed by atoms with Gasteiger partial charge in [-0.3, -0.25) is 0 Å². The Hall–Kier alpha value is -7.29. The van der Waals surface area contributed by atoms with Crippen molar-refractivity contribution in [3.8, 4) is 17.6 Å². The van der Waals surface area contributed by atoms with Gasteiger partial charge in [-0.15, -0.1) is 25.6 Å². The fourth-order valence-electron chi connectivity index (χ4n) is 14.4. The lowest BCUT2D eigenvalue weighted by molar-refractivity contribution is 0.258. The zero-order valence-corrected chi connectivity index (χ0v) is 55.7. The van der Waals surface area contributed by atoms with Crippen molar-refractivity contribution in [2.75, 3.05) is 56.9 Å². The van der Waals surface area contributed by atoms with E-state index in [4.69, 9.17) is 19.3 Å². The van der Waals surface area contributed by atoms with E-state index in [1.165, 1.54) is 85.4 Å². The van der Waals surface area contributed by atoms with E-state index in [-0.39, 0.29) is 35.3 Å². The highest BCUT2D eigenvalue weighted by Gasteiger charge is 2.31. The summed E-state index contributed by atoms with van der Waals surface area (Å²) in [6.45, 7) is 3.24. The number of nitrogens with zero attached hydrogens (tertiary/aromatic N) is 9. The van der Waals surface area contributed by atoms with E-state index in [0.29, 0.717) is 66.9 Å². The summed E-state index contributed by atoms with van der Waals surface area (Å²) in [5, 5.41) is 37.3. The molecule has 0 spiro atoms. The fraction of sp³-hybridized carbons (Fsp3) is 0.524. The van der Waals surface area contributed by atoms with Crippen LogP contribution in [-0.2, 0) is 136 Å². The SMILES string of the molecule is CN[C@@H]1CCn2ncc([S-](=O)=NC(=O)Nc3c4c(cc5c3CCC5)CCC4)c2OC1.CN[C@@H]1CCn2ncc([S-](=O)=NC(=O)Nc3c4c(cc5c3CCC5)CCC4)c2OC1.CN[C@H]1CCn2ncc(S(N)(=O)=NC(=O)Nc3c4c(cc5c3CCC5)CCC4)c2OC1.N.N. The number of carbonyl (C=O) groups is 3. The molecule has 6 aliphatic carbocycles. The molecule has 14 N–H and O–H groups in total. The number of aromatic nitrogens is 6. The third-order valence-corrected chi connectivity index (χ3v) is 22.5. The molecule has 0 fully saturated rings. The lowest BCUT2D eigenvalue weighted by atomic mass is 9.99. The maximum absolute atomic E-state index is 13.3. The topological polar surface area (TPSA) is 389 Å². The predicted octanol–water partition coefficient (Wildman–Crippen LogP) is 8.43. The zero-order chi connectivity index (χ0) is 62.9. The van der Waals surface area contributed by atoms with Gasteiger partial charge in [-0.1, -0.05) is 18.2 Å². The molecule has 30 heteroatoms. The number of fused-ring (bicyclic) bond motifs is 9. The average molecular weight is 1340 g/mol. The first kappa shape index (κ1) is 67.1. The number of urea groups is 3. The van der Waals surface area contributed by atoms with Gasteiger partial charge in [0.1, 0.15) is 24.7 Å². The normalized spacial score (nSPS) is 20.5. The third kappa shape index (κ3) is 14.1. The van der Waals surface area contributed by atoms with Crippen LogP contribution < -0.4 is 63.6 Å².